The molecule has 1 amide bonds. The molecule has 0 radical (unpaired) electrons. The first-order chi connectivity index (χ1) is 11.0. The maximum absolute atomic E-state index is 12.0. The van der Waals surface area contributed by atoms with Gasteiger partial charge in [0.05, 0.1) is 13.2 Å². The molecule has 1 fully saturated rings. The van der Waals surface area contributed by atoms with Gasteiger partial charge in [-0.25, -0.2) is 0 Å². The molecule has 1 aliphatic heterocycles. The van der Waals surface area contributed by atoms with Crippen LogP contribution >= 0.6 is 24.8 Å². The Hall–Kier alpha value is -0.850. The minimum absolute atomic E-state index is 0. The van der Waals surface area contributed by atoms with Gasteiger partial charge in [-0.05, 0) is 32.0 Å². The van der Waals surface area contributed by atoms with Crippen LogP contribution in [-0.4, -0.2) is 49.7 Å². The topological polar surface area (TPSA) is 53.6 Å². The summed E-state index contributed by atoms with van der Waals surface area (Å²) in [5.74, 6) is 0.0673. The Balaban J connectivity index is 0.00000288. The molecule has 1 atom stereocenters. The molecule has 1 aromatic carbocycles. The number of morpholine rings is 1. The highest BCUT2D eigenvalue weighted by molar-refractivity contribution is 5.85. The molecule has 1 unspecified atom stereocenters. The molecule has 144 valence electrons. The third kappa shape index (κ3) is 8.88. The SMILES string of the molecule is CC(C)N(C)Cc1cccc(CNC(=O)CC2COCCN2)c1.Cl.Cl. The molecular formula is C18H31Cl2N3O2. The van der Waals surface area contributed by atoms with E-state index in [0.717, 1.165) is 25.3 Å². The summed E-state index contributed by atoms with van der Waals surface area (Å²) in [6, 6.07) is 9.07. The Labute approximate surface area is 163 Å². The van der Waals surface area contributed by atoms with Crippen LogP contribution in [0.3, 0.4) is 0 Å². The normalized spacial score (nSPS) is 16.9. The summed E-state index contributed by atoms with van der Waals surface area (Å²) in [4.78, 5) is 14.3. The average Bonchev–Trinajstić information content (AvgIpc) is 2.54. The lowest BCUT2D eigenvalue weighted by atomic mass is 10.1. The van der Waals surface area contributed by atoms with E-state index in [2.05, 4.69) is 60.7 Å². The molecule has 7 heteroatoms. The third-order valence-electron chi connectivity index (χ3n) is 4.22. The first-order valence-electron chi connectivity index (χ1n) is 8.40. The van der Waals surface area contributed by atoms with Gasteiger partial charge in [0.25, 0.3) is 0 Å². The van der Waals surface area contributed by atoms with Crippen molar-refractivity contribution in [2.45, 2.75) is 45.4 Å². The van der Waals surface area contributed by atoms with E-state index in [0.29, 0.717) is 25.6 Å². The van der Waals surface area contributed by atoms with Gasteiger partial charge in [-0.2, -0.15) is 0 Å². The van der Waals surface area contributed by atoms with Crippen molar-refractivity contribution in [1.29, 1.82) is 0 Å². The molecule has 1 aliphatic rings. The third-order valence-corrected chi connectivity index (χ3v) is 4.22. The van der Waals surface area contributed by atoms with Gasteiger partial charge < -0.3 is 15.4 Å². The molecule has 0 saturated carbocycles. The van der Waals surface area contributed by atoms with Crippen molar-refractivity contribution < 1.29 is 9.53 Å². The number of nitrogens with zero attached hydrogens (tertiary/aromatic N) is 1. The van der Waals surface area contributed by atoms with Crippen LogP contribution in [0, 0.1) is 0 Å². The maximum Gasteiger partial charge on any atom is 0.221 e. The zero-order chi connectivity index (χ0) is 16.7. The molecular weight excluding hydrogens is 361 g/mol. The molecule has 0 aromatic heterocycles. The second kappa shape index (κ2) is 12.5. The van der Waals surface area contributed by atoms with E-state index in [4.69, 9.17) is 4.74 Å². The van der Waals surface area contributed by atoms with Crippen LogP contribution in [0.25, 0.3) is 0 Å². The Kier molecular flexibility index (Phi) is 12.1. The van der Waals surface area contributed by atoms with Gasteiger partial charge in [0.15, 0.2) is 0 Å². The number of amides is 1. The minimum Gasteiger partial charge on any atom is -0.378 e. The number of rotatable bonds is 7. The number of halogens is 2. The summed E-state index contributed by atoms with van der Waals surface area (Å²) < 4.78 is 5.37. The number of carbonyl (C=O) groups is 1. The number of hydrogen-bond donors (Lipinski definition) is 2. The molecule has 5 nitrogen and oxygen atoms in total. The van der Waals surface area contributed by atoms with Crippen molar-refractivity contribution in [2.75, 3.05) is 26.8 Å². The number of nitrogens with one attached hydrogen (secondary N) is 2. The summed E-state index contributed by atoms with van der Waals surface area (Å²) in [5, 5.41) is 6.30. The van der Waals surface area contributed by atoms with Gasteiger partial charge in [0.2, 0.25) is 5.91 Å². The Morgan fingerprint density at radius 1 is 1.36 bits per heavy atom. The molecule has 0 spiro atoms. The quantitative estimate of drug-likeness (QED) is 0.748. The second-order valence-corrected chi connectivity index (χ2v) is 6.54. The number of ether oxygens (including phenoxy) is 1. The first kappa shape index (κ1) is 24.1. The van der Waals surface area contributed by atoms with E-state index >= 15 is 0 Å². The van der Waals surface area contributed by atoms with Crippen LogP contribution in [0.1, 0.15) is 31.4 Å². The van der Waals surface area contributed by atoms with Crippen molar-refractivity contribution in [2.24, 2.45) is 0 Å². The Bertz CT molecular complexity index is 509. The summed E-state index contributed by atoms with van der Waals surface area (Å²) in [6.45, 7) is 8.04. The fourth-order valence-electron chi connectivity index (χ4n) is 2.56. The summed E-state index contributed by atoms with van der Waals surface area (Å²) in [5.41, 5.74) is 2.41. The fourth-order valence-corrected chi connectivity index (χ4v) is 2.56. The van der Waals surface area contributed by atoms with E-state index in [1.807, 2.05) is 0 Å². The van der Waals surface area contributed by atoms with Gasteiger partial charge in [0.1, 0.15) is 0 Å². The molecule has 2 rings (SSSR count). The van der Waals surface area contributed by atoms with Crippen LogP contribution in [-0.2, 0) is 22.6 Å². The largest absolute Gasteiger partial charge is 0.378 e. The molecule has 1 aromatic rings. The van der Waals surface area contributed by atoms with E-state index < -0.39 is 0 Å². The smallest absolute Gasteiger partial charge is 0.221 e. The molecule has 0 aliphatic carbocycles. The second-order valence-electron chi connectivity index (χ2n) is 6.54. The monoisotopic (exact) mass is 391 g/mol. The van der Waals surface area contributed by atoms with E-state index in [1.54, 1.807) is 0 Å². The van der Waals surface area contributed by atoms with Crippen LogP contribution in [0.2, 0.25) is 0 Å². The minimum atomic E-state index is 0. The zero-order valence-corrected chi connectivity index (χ0v) is 16.9. The lowest BCUT2D eigenvalue weighted by Crippen LogP contribution is -2.44. The number of hydrogen-bond acceptors (Lipinski definition) is 4. The lowest BCUT2D eigenvalue weighted by molar-refractivity contribution is -0.122. The van der Waals surface area contributed by atoms with Crippen molar-refractivity contribution >= 4 is 30.7 Å². The van der Waals surface area contributed by atoms with E-state index in [-0.39, 0.29) is 36.8 Å². The van der Waals surface area contributed by atoms with Crippen LogP contribution in [0.4, 0.5) is 0 Å². The van der Waals surface area contributed by atoms with Crippen LogP contribution in [0.15, 0.2) is 24.3 Å². The highest BCUT2D eigenvalue weighted by atomic mass is 35.5. The molecule has 1 saturated heterocycles. The highest BCUT2D eigenvalue weighted by Crippen LogP contribution is 2.09. The van der Waals surface area contributed by atoms with Gasteiger partial charge in [0, 0.05) is 38.1 Å². The number of carbonyl (C=O) groups excluding carboxylic acids is 1. The highest BCUT2D eigenvalue weighted by Gasteiger charge is 2.16. The average molecular weight is 392 g/mol. The van der Waals surface area contributed by atoms with Crippen molar-refractivity contribution in [3.05, 3.63) is 35.4 Å². The summed E-state index contributed by atoms with van der Waals surface area (Å²) >= 11 is 0. The predicted molar refractivity (Wildman–Crippen MR) is 107 cm³/mol. The fraction of sp³-hybridized carbons (Fsp3) is 0.611. The van der Waals surface area contributed by atoms with Gasteiger partial charge in [-0.15, -0.1) is 24.8 Å². The molecule has 2 N–H and O–H groups in total. The Morgan fingerprint density at radius 3 is 2.72 bits per heavy atom. The maximum atomic E-state index is 12.0. The van der Waals surface area contributed by atoms with E-state index in [9.17, 15) is 4.79 Å². The van der Waals surface area contributed by atoms with Gasteiger partial charge in [-0.3, -0.25) is 9.69 Å². The molecule has 25 heavy (non-hydrogen) atoms. The number of benzene rings is 1. The summed E-state index contributed by atoms with van der Waals surface area (Å²) in [6.07, 6.45) is 0.468. The van der Waals surface area contributed by atoms with Gasteiger partial charge >= 0.3 is 0 Å². The zero-order valence-electron chi connectivity index (χ0n) is 15.3. The van der Waals surface area contributed by atoms with Crippen molar-refractivity contribution in [1.82, 2.24) is 15.5 Å². The van der Waals surface area contributed by atoms with Crippen molar-refractivity contribution in [3.8, 4) is 0 Å². The van der Waals surface area contributed by atoms with Crippen LogP contribution < -0.4 is 10.6 Å². The van der Waals surface area contributed by atoms with E-state index in [1.165, 1.54) is 5.56 Å². The standard InChI is InChI=1S/C18H29N3O2.2ClH/c1-14(2)21(3)12-16-6-4-5-15(9-16)11-20-18(22)10-17-13-23-8-7-19-17;;/h4-6,9,14,17,19H,7-8,10-13H2,1-3H3,(H,20,22);2*1H. The van der Waals surface area contributed by atoms with Crippen LogP contribution in [0.5, 0.6) is 0 Å². The van der Waals surface area contributed by atoms with Crippen molar-refractivity contribution in [3.63, 3.8) is 0 Å². The summed E-state index contributed by atoms with van der Waals surface area (Å²) in [7, 11) is 2.12. The predicted octanol–water partition coefficient (Wildman–Crippen LogP) is 2.37. The molecule has 0 bridgehead atoms. The first-order valence-corrected chi connectivity index (χ1v) is 8.40. The van der Waals surface area contributed by atoms with Gasteiger partial charge in [-0.1, -0.05) is 24.3 Å². The molecule has 1 heterocycles. The Morgan fingerprint density at radius 2 is 2.08 bits per heavy atom. The lowest BCUT2D eigenvalue weighted by Gasteiger charge is -2.23.